The Hall–Kier alpha value is -1.58. The van der Waals surface area contributed by atoms with Crippen molar-refractivity contribution in [1.29, 1.82) is 0 Å². The summed E-state index contributed by atoms with van der Waals surface area (Å²) in [6.45, 7) is 0.716. The summed E-state index contributed by atoms with van der Waals surface area (Å²) in [6, 6.07) is 0. The molecular formula is C10H16N5O5P. The minimum atomic E-state index is -3.89. The Balaban J connectivity index is 1.96. The Bertz CT molecular complexity index is 662. The van der Waals surface area contributed by atoms with E-state index in [1.807, 2.05) is 0 Å². The van der Waals surface area contributed by atoms with E-state index < -0.39 is 20.0 Å². The first kappa shape index (κ1) is 15.8. The molecular weight excluding hydrogens is 301 g/mol. The molecule has 2 rings (SSSR count). The fraction of sp³-hybridized carbons (Fsp3) is 0.500. The van der Waals surface area contributed by atoms with Gasteiger partial charge in [-0.3, -0.25) is 13.7 Å². The third-order valence-electron chi connectivity index (χ3n) is 2.77. The lowest BCUT2D eigenvalue weighted by Crippen LogP contribution is -2.16. The number of anilines is 1. The van der Waals surface area contributed by atoms with Crippen LogP contribution in [0, 0.1) is 0 Å². The number of hydrogen-bond donors (Lipinski definition) is 3. The molecule has 0 aliphatic carbocycles. The average molecular weight is 317 g/mol. The fourth-order valence-corrected chi connectivity index (χ4v) is 2.30. The zero-order chi connectivity index (χ0) is 15.5. The summed E-state index contributed by atoms with van der Waals surface area (Å²) in [6.07, 6.45) is 3.00. The first-order valence-electron chi connectivity index (χ1n) is 6.03. The number of imidazole rings is 1. The molecule has 0 radical (unpaired) electrons. The van der Waals surface area contributed by atoms with Crippen LogP contribution in [-0.4, -0.2) is 48.6 Å². The molecule has 2 atom stereocenters. The minimum absolute atomic E-state index is 0.0337. The minimum Gasteiger partial charge on any atom is -0.370 e. The molecule has 2 aromatic heterocycles. The fourth-order valence-electron chi connectivity index (χ4n) is 1.59. The van der Waals surface area contributed by atoms with Crippen molar-refractivity contribution >= 4 is 24.7 Å². The van der Waals surface area contributed by atoms with E-state index in [0.717, 1.165) is 0 Å². The van der Waals surface area contributed by atoms with Crippen LogP contribution in [0.2, 0.25) is 0 Å². The maximum Gasteiger partial charge on any atom is 0.335 e. The first-order chi connectivity index (χ1) is 9.94. The van der Waals surface area contributed by atoms with E-state index in [2.05, 4.69) is 19.5 Å². The van der Waals surface area contributed by atoms with Gasteiger partial charge in [-0.1, -0.05) is 0 Å². The van der Waals surface area contributed by atoms with Crippen LogP contribution >= 0.6 is 7.60 Å². The summed E-state index contributed by atoms with van der Waals surface area (Å²) in [5.41, 5.74) is 5.80. The van der Waals surface area contributed by atoms with Crippen molar-refractivity contribution in [3.63, 3.8) is 0 Å². The highest BCUT2D eigenvalue weighted by atomic mass is 31.2. The SMILES string of the molecule is C[C@H](COCn1cnc2cnc(N)nc21)P(=O)(O)OCO. The van der Waals surface area contributed by atoms with Crippen molar-refractivity contribution in [3.8, 4) is 0 Å². The Morgan fingerprint density at radius 1 is 1.52 bits per heavy atom. The monoisotopic (exact) mass is 317 g/mol. The molecule has 2 heterocycles. The van der Waals surface area contributed by atoms with Crippen LogP contribution in [0.25, 0.3) is 11.2 Å². The maximum atomic E-state index is 11.6. The average Bonchev–Trinajstić information content (AvgIpc) is 2.81. The molecule has 0 spiro atoms. The predicted molar refractivity (Wildman–Crippen MR) is 73.1 cm³/mol. The van der Waals surface area contributed by atoms with E-state index in [0.29, 0.717) is 11.2 Å². The van der Waals surface area contributed by atoms with Crippen LogP contribution in [0.3, 0.4) is 0 Å². The summed E-state index contributed by atoms with van der Waals surface area (Å²) in [7, 11) is -3.89. The lowest BCUT2D eigenvalue weighted by atomic mass is 10.5. The second-order valence-electron chi connectivity index (χ2n) is 4.32. The van der Waals surface area contributed by atoms with Gasteiger partial charge in [-0.25, -0.2) is 9.97 Å². The summed E-state index contributed by atoms with van der Waals surface area (Å²) >= 11 is 0. The van der Waals surface area contributed by atoms with E-state index in [-0.39, 0.29) is 19.3 Å². The Labute approximate surface area is 120 Å². The number of nitrogens with two attached hydrogens (primary N) is 1. The van der Waals surface area contributed by atoms with Crippen LogP contribution in [0.5, 0.6) is 0 Å². The second-order valence-corrected chi connectivity index (χ2v) is 6.59. The normalized spacial score (nSPS) is 16.0. The van der Waals surface area contributed by atoms with Crippen LogP contribution in [0.1, 0.15) is 6.92 Å². The van der Waals surface area contributed by atoms with E-state index >= 15 is 0 Å². The summed E-state index contributed by atoms with van der Waals surface area (Å²) < 4.78 is 22.9. The second kappa shape index (κ2) is 6.46. The van der Waals surface area contributed by atoms with Crippen molar-refractivity contribution < 1.29 is 23.8 Å². The quantitative estimate of drug-likeness (QED) is 0.471. The smallest absolute Gasteiger partial charge is 0.335 e. The Morgan fingerprint density at radius 3 is 3.00 bits per heavy atom. The molecule has 0 bridgehead atoms. The van der Waals surface area contributed by atoms with Crippen molar-refractivity contribution in [1.82, 2.24) is 19.5 Å². The molecule has 4 N–H and O–H groups in total. The van der Waals surface area contributed by atoms with Gasteiger partial charge in [0.25, 0.3) is 0 Å². The molecule has 0 amide bonds. The highest BCUT2D eigenvalue weighted by molar-refractivity contribution is 7.53. The lowest BCUT2D eigenvalue weighted by molar-refractivity contribution is 0.0612. The van der Waals surface area contributed by atoms with Gasteiger partial charge in [0.1, 0.15) is 12.2 Å². The third-order valence-corrected chi connectivity index (χ3v) is 4.51. The number of aliphatic hydroxyl groups excluding tert-OH is 1. The van der Waals surface area contributed by atoms with Gasteiger partial charge in [-0.05, 0) is 6.92 Å². The number of aliphatic hydroxyl groups is 1. The lowest BCUT2D eigenvalue weighted by Gasteiger charge is -2.17. The molecule has 0 saturated carbocycles. The van der Waals surface area contributed by atoms with Crippen LogP contribution in [0.15, 0.2) is 12.5 Å². The Kier molecular flexibility index (Phi) is 4.86. The van der Waals surface area contributed by atoms with Crippen LogP contribution in [0.4, 0.5) is 5.95 Å². The van der Waals surface area contributed by atoms with Gasteiger partial charge in [-0.15, -0.1) is 0 Å². The molecule has 0 saturated heterocycles. The van der Waals surface area contributed by atoms with Crippen molar-refractivity contribution in [2.24, 2.45) is 0 Å². The van der Waals surface area contributed by atoms with E-state index in [1.54, 1.807) is 4.57 Å². The number of hydrogen-bond acceptors (Lipinski definition) is 8. The zero-order valence-corrected chi connectivity index (χ0v) is 12.2. The topological polar surface area (TPSA) is 146 Å². The van der Waals surface area contributed by atoms with Gasteiger partial charge in [0.15, 0.2) is 12.4 Å². The molecule has 2 aromatic rings. The van der Waals surface area contributed by atoms with Crippen molar-refractivity contribution in [3.05, 3.63) is 12.5 Å². The van der Waals surface area contributed by atoms with Gasteiger partial charge < -0.3 is 20.5 Å². The van der Waals surface area contributed by atoms with Gasteiger partial charge in [-0.2, -0.15) is 4.98 Å². The predicted octanol–water partition coefficient (Wildman–Crippen LogP) is -0.0771. The summed E-state index contributed by atoms with van der Waals surface area (Å²) in [5.74, 6) is 0.119. The molecule has 0 aliphatic rings. The number of rotatable bonds is 7. The number of nitrogen functional groups attached to an aromatic ring is 1. The van der Waals surface area contributed by atoms with E-state index in [9.17, 15) is 9.46 Å². The van der Waals surface area contributed by atoms with Gasteiger partial charge in [0.05, 0.1) is 24.8 Å². The van der Waals surface area contributed by atoms with Crippen LogP contribution in [-0.2, 0) is 20.6 Å². The molecule has 0 aromatic carbocycles. The summed E-state index contributed by atoms with van der Waals surface area (Å²) in [4.78, 5) is 21.4. The largest absolute Gasteiger partial charge is 0.370 e. The first-order valence-corrected chi connectivity index (χ1v) is 7.67. The number of fused-ring (bicyclic) bond motifs is 1. The van der Waals surface area contributed by atoms with E-state index in [4.69, 9.17) is 15.6 Å². The highest BCUT2D eigenvalue weighted by Gasteiger charge is 2.28. The summed E-state index contributed by atoms with van der Waals surface area (Å²) in [5, 5.41) is 8.54. The number of ether oxygens (including phenoxy) is 1. The molecule has 21 heavy (non-hydrogen) atoms. The maximum absolute atomic E-state index is 11.6. The Morgan fingerprint density at radius 2 is 2.29 bits per heavy atom. The van der Waals surface area contributed by atoms with Gasteiger partial charge in [0.2, 0.25) is 5.95 Å². The number of nitrogens with zero attached hydrogens (tertiary/aromatic N) is 4. The molecule has 10 nitrogen and oxygen atoms in total. The van der Waals surface area contributed by atoms with E-state index in [1.165, 1.54) is 19.4 Å². The highest BCUT2D eigenvalue weighted by Crippen LogP contribution is 2.46. The third kappa shape index (κ3) is 3.74. The molecule has 116 valence electrons. The zero-order valence-electron chi connectivity index (χ0n) is 11.3. The standard InChI is InChI=1S/C10H16N5O5P/c1-7(21(17,18)20-6-16)3-19-5-15-4-13-8-2-12-10(11)14-9(8)15/h2,4,7,16H,3,5-6H2,1H3,(H,17,18)(H2,11,12,14)/t7-/m1/s1. The van der Waals surface area contributed by atoms with Gasteiger partial charge in [0, 0.05) is 0 Å². The molecule has 1 unspecified atom stereocenters. The number of aromatic nitrogens is 4. The molecule has 0 aliphatic heterocycles. The molecule has 11 heteroatoms. The molecule has 0 fully saturated rings. The van der Waals surface area contributed by atoms with Crippen molar-refractivity contribution in [2.45, 2.75) is 19.3 Å². The van der Waals surface area contributed by atoms with Gasteiger partial charge >= 0.3 is 7.60 Å². The van der Waals surface area contributed by atoms with Crippen molar-refractivity contribution in [2.75, 3.05) is 19.1 Å². The van der Waals surface area contributed by atoms with Crippen LogP contribution < -0.4 is 5.73 Å².